The van der Waals surface area contributed by atoms with Crippen LogP contribution in [0.3, 0.4) is 0 Å². The van der Waals surface area contributed by atoms with Crippen LogP contribution in [-0.4, -0.2) is 42.3 Å². The van der Waals surface area contributed by atoms with Crippen molar-refractivity contribution < 1.29 is 0 Å². The topological polar surface area (TPSA) is 67.3 Å². The quantitative estimate of drug-likeness (QED) is 0.449. The van der Waals surface area contributed by atoms with Gasteiger partial charge in [-0.15, -0.1) is 12.6 Å². The minimum atomic E-state index is 0.625. The Morgan fingerprint density at radius 2 is 1.92 bits per heavy atom. The average Bonchev–Trinajstić information content (AvgIpc) is 3.32. The summed E-state index contributed by atoms with van der Waals surface area (Å²) < 4.78 is 2.41. The Labute approximate surface area is 159 Å². The van der Waals surface area contributed by atoms with Crippen molar-refractivity contribution in [1.82, 2.24) is 9.62 Å². The summed E-state index contributed by atoms with van der Waals surface area (Å²) in [4.78, 5) is 1.07. The SMILES string of the molecule is CC.NC1=C(S)CN(SCC2CCCC2)CC1.NCC1CCCN1. The summed E-state index contributed by atoms with van der Waals surface area (Å²) in [6.07, 6.45) is 9.32. The van der Waals surface area contributed by atoms with Gasteiger partial charge in [0, 0.05) is 48.5 Å². The first-order valence-electron chi connectivity index (χ1n) is 9.66. The molecule has 3 rings (SSSR count). The maximum Gasteiger partial charge on any atom is 0.0415 e. The van der Waals surface area contributed by atoms with Gasteiger partial charge >= 0.3 is 0 Å². The van der Waals surface area contributed by atoms with E-state index in [1.807, 2.05) is 25.8 Å². The summed E-state index contributed by atoms with van der Waals surface area (Å²) in [6.45, 7) is 8.00. The first-order valence-corrected chi connectivity index (χ1v) is 11.1. The molecule has 1 atom stereocenters. The summed E-state index contributed by atoms with van der Waals surface area (Å²) in [6, 6.07) is 0.625. The molecule has 5 N–H and O–H groups in total. The third kappa shape index (κ3) is 8.48. The molecule has 1 unspecified atom stereocenters. The second-order valence-corrected chi connectivity index (χ2v) is 8.21. The monoisotopic (exact) mass is 374 g/mol. The van der Waals surface area contributed by atoms with Crippen molar-refractivity contribution in [1.29, 1.82) is 0 Å². The smallest absolute Gasteiger partial charge is 0.0415 e. The summed E-state index contributed by atoms with van der Waals surface area (Å²) >= 11 is 6.41. The molecule has 6 heteroatoms. The molecule has 4 nitrogen and oxygen atoms in total. The van der Waals surface area contributed by atoms with Gasteiger partial charge in [0.1, 0.15) is 0 Å². The maximum absolute atomic E-state index is 5.83. The summed E-state index contributed by atoms with van der Waals surface area (Å²) in [5.41, 5.74) is 12.2. The standard InChI is InChI=1S/C11H20N2S2.C5H12N2.C2H6/c12-10-5-6-13(7-11(10)14)15-8-9-3-1-2-4-9;6-4-5-2-1-3-7-5;1-2/h9,14H,1-8,12H2;5,7H,1-4,6H2;1-2H3. The Morgan fingerprint density at radius 1 is 1.21 bits per heavy atom. The van der Waals surface area contributed by atoms with E-state index in [1.165, 1.54) is 50.8 Å². The first-order chi connectivity index (χ1) is 11.7. The minimum Gasteiger partial charge on any atom is -0.401 e. The molecule has 0 aromatic heterocycles. The van der Waals surface area contributed by atoms with Crippen LogP contribution in [0.15, 0.2) is 10.6 Å². The number of nitrogens with two attached hydrogens (primary N) is 2. The van der Waals surface area contributed by atoms with Crippen molar-refractivity contribution in [3.05, 3.63) is 10.6 Å². The van der Waals surface area contributed by atoms with Crippen LogP contribution >= 0.6 is 24.6 Å². The number of nitrogens with zero attached hydrogens (tertiary/aromatic N) is 1. The summed E-state index contributed by atoms with van der Waals surface area (Å²) in [5.74, 6) is 2.25. The largest absolute Gasteiger partial charge is 0.401 e. The lowest BCUT2D eigenvalue weighted by Gasteiger charge is -2.27. The summed E-state index contributed by atoms with van der Waals surface area (Å²) in [7, 11) is 0. The third-order valence-electron chi connectivity index (χ3n) is 4.74. The van der Waals surface area contributed by atoms with Crippen molar-refractivity contribution in [3.8, 4) is 0 Å². The predicted octanol–water partition coefficient (Wildman–Crippen LogP) is 3.35. The van der Waals surface area contributed by atoms with Crippen LogP contribution in [0.2, 0.25) is 0 Å². The van der Waals surface area contributed by atoms with Crippen LogP contribution in [0.25, 0.3) is 0 Å². The van der Waals surface area contributed by atoms with Gasteiger partial charge in [0.2, 0.25) is 0 Å². The fraction of sp³-hybridized carbons (Fsp3) is 0.889. The fourth-order valence-electron chi connectivity index (χ4n) is 3.19. The van der Waals surface area contributed by atoms with Gasteiger partial charge in [0.25, 0.3) is 0 Å². The molecule has 1 saturated carbocycles. The number of nitrogens with one attached hydrogen (secondary N) is 1. The molecule has 1 aliphatic carbocycles. The van der Waals surface area contributed by atoms with Crippen LogP contribution in [0.4, 0.5) is 0 Å². The van der Waals surface area contributed by atoms with Gasteiger partial charge in [-0.3, -0.25) is 0 Å². The second-order valence-electron chi connectivity index (χ2n) is 6.56. The zero-order valence-corrected chi connectivity index (χ0v) is 17.3. The molecular formula is C18H38N4S2. The highest BCUT2D eigenvalue weighted by Crippen LogP contribution is 2.30. The van der Waals surface area contributed by atoms with Crippen LogP contribution in [0, 0.1) is 5.92 Å². The molecule has 1 saturated heterocycles. The zero-order valence-electron chi connectivity index (χ0n) is 15.6. The van der Waals surface area contributed by atoms with E-state index in [1.54, 1.807) is 0 Å². The van der Waals surface area contributed by atoms with E-state index in [2.05, 4.69) is 22.3 Å². The van der Waals surface area contributed by atoms with Crippen molar-refractivity contribution in [3.63, 3.8) is 0 Å². The molecule has 3 aliphatic rings. The zero-order chi connectivity index (χ0) is 17.8. The Hall–Kier alpha value is 0.120. The predicted molar refractivity (Wildman–Crippen MR) is 112 cm³/mol. The lowest BCUT2D eigenvalue weighted by molar-refractivity contribution is 0.487. The third-order valence-corrected chi connectivity index (χ3v) is 6.47. The van der Waals surface area contributed by atoms with Crippen molar-refractivity contribution in [2.75, 3.05) is 31.9 Å². The van der Waals surface area contributed by atoms with Crippen molar-refractivity contribution in [2.45, 2.75) is 64.8 Å². The molecular weight excluding hydrogens is 336 g/mol. The Balaban J connectivity index is 0.000000268. The molecule has 0 amide bonds. The highest BCUT2D eigenvalue weighted by atomic mass is 32.2. The molecule has 0 bridgehead atoms. The van der Waals surface area contributed by atoms with E-state index >= 15 is 0 Å². The van der Waals surface area contributed by atoms with E-state index in [4.69, 9.17) is 11.5 Å². The molecule has 2 fully saturated rings. The average molecular weight is 375 g/mol. The Bertz CT molecular complexity index is 351. The Morgan fingerprint density at radius 3 is 2.42 bits per heavy atom. The maximum atomic E-state index is 5.83. The van der Waals surface area contributed by atoms with Crippen LogP contribution < -0.4 is 16.8 Å². The van der Waals surface area contributed by atoms with Gasteiger partial charge in [0.05, 0.1) is 0 Å². The normalized spacial score (nSPS) is 25.1. The Kier molecular flexibility index (Phi) is 12.3. The van der Waals surface area contributed by atoms with E-state index in [-0.39, 0.29) is 0 Å². The highest BCUT2D eigenvalue weighted by molar-refractivity contribution is 7.97. The van der Waals surface area contributed by atoms with Gasteiger partial charge in [0.15, 0.2) is 0 Å². The lowest BCUT2D eigenvalue weighted by atomic mass is 10.1. The molecule has 2 heterocycles. The molecule has 2 aliphatic heterocycles. The minimum absolute atomic E-state index is 0.625. The van der Waals surface area contributed by atoms with Crippen LogP contribution in [0.1, 0.15) is 58.8 Å². The molecule has 0 spiro atoms. The van der Waals surface area contributed by atoms with Gasteiger partial charge in [-0.05, 0) is 38.1 Å². The van der Waals surface area contributed by atoms with Gasteiger partial charge < -0.3 is 16.8 Å². The van der Waals surface area contributed by atoms with E-state index in [0.29, 0.717) is 6.04 Å². The molecule has 0 radical (unpaired) electrons. The highest BCUT2D eigenvalue weighted by Gasteiger charge is 2.19. The second kappa shape index (κ2) is 13.3. The van der Waals surface area contributed by atoms with Crippen LogP contribution in [0.5, 0.6) is 0 Å². The number of rotatable bonds is 4. The van der Waals surface area contributed by atoms with Crippen LogP contribution in [-0.2, 0) is 0 Å². The lowest BCUT2D eigenvalue weighted by Crippen LogP contribution is -2.29. The number of thiol groups is 1. The first kappa shape index (κ1) is 22.2. The van der Waals surface area contributed by atoms with E-state index < -0.39 is 0 Å². The van der Waals surface area contributed by atoms with E-state index in [9.17, 15) is 0 Å². The van der Waals surface area contributed by atoms with Crippen molar-refractivity contribution in [2.24, 2.45) is 17.4 Å². The van der Waals surface area contributed by atoms with Gasteiger partial charge in [-0.1, -0.05) is 38.6 Å². The summed E-state index contributed by atoms with van der Waals surface area (Å²) in [5, 5.41) is 3.28. The number of hydrogen-bond donors (Lipinski definition) is 4. The van der Waals surface area contributed by atoms with Crippen molar-refractivity contribution >= 4 is 24.6 Å². The van der Waals surface area contributed by atoms with E-state index in [0.717, 1.165) is 42.6 Å². The number of hydrogen-bond acceptors (Lipinski definition) is 6. The molecule has 142 valence electrons. The van der Waals surface area contributed by atoms with Gasteiger partial charge in [-0.25, -0.2) is 4.31 Å². The molecule has 0 aromatic carbocycles. The molecule has 0 aromatic rings. The van der Waals surface area contributed by atoms with Gasteiger partial charge in [-0.2, -0.15) is 0 Å². The molecule has 24 heavy (non-hydrogen) atoms. The fourth-order valence-corrected chi connectivity index (χ4v) is 4.77.